The number of thiazole rings is 1. The second-order valence-electron chi connectivity index (χ2n) is 4.63. The Morgan fingerprint density at radius 2 is 1.91 bits per heavy atom. The molecule has 5 nitrogen and oxygen atoms in total. The highest BCUT2D eigenvalue weighted by atomic mass is 32.1. The van der Waals surface area contributed by atoms with Gasteiger partial charge in [-0.3, -0.25) is 4.79 Å². The van der Waals surface area contributed by atoms with Crippen LogP contribution < -0.4 is 5.73 Å². The molecule has 0 radical (unpaired) electrons. The van der Waals surface area contributed by atoms with E-state index in [4.69, 9.17) is 10.5 Å². The van der Waals surface area contributed by atoms with Crippen molar-refractivity contribution in [1.82, 2.24) is 4.98 Å². The molecule has 3 rings (SSSR count). The van der Waals surface area contributed by atoms with Crippen molar-refractivity contribution in [2.45, 2.75) is 6.10 Å². The lowest BCUT2D eigenvalue weighted by Crippen LogP contribution is -2.26. The van der Waals surface area contributed by atoms with E-state index in [1.807, 2.05) is 0 Å². The number of nitrogens with two attached hydrogens (primary N) is 1. The molecule has 1 atom stereocenters. The Labute approximate surface area is 130 Å². The van der Waals surface area contributed by atoms with Crippen LogP contribution in [0, 0.1) is 0 Å². The van der Waals surface area contributed by atoms with Crippen LogP contribution in [-0.4, -0.2) is 16.9 Å². The van der Waals surface area contributed by atoms with Gasteiger partial charge in [0.05, 0.1) is 21.3 Å². The van der Waals surface area contributed by atoms with Crippen molar-refractivity contribution in [3.8, 4) is 0 Å². The minimum absolute atomic E-state index is 0.360. The number of fused-ring (bicyclic) bond motifs is 1. The Hall–Kier alpha value is -2.73. The Morgan fingerprint density at radius 1 is 1.14 bits per heavy atom. The van der Waals surface area contributed by atoms with Crippen LogP contribution in [0.5, 0.6) is 0 Å². The zero-order chi connectivity index (χ0) is 15.5. The van der Waals surface area contributed by atoms with Crippen molar-refractivity contribution in [2.24, 2.45) is 5.73 Å². The van der Waals surface area contributed by atoms with E-state index in [-0.39, 0.29) is 0 Å². The van der Waals surface area contributed by atoms with Crippen molar-refractivity contribution in [3.05, 3.63) is 65.2 Å². The molecule has 0 unspecified atom stereocenters. The molecule has 0 bridgehead atoms. The van der Waals surface area contributed by atoms with Crippen LogP contribution in [0.2, 0.25) is 0 Å². The summed E-state index contributed by atoms with van der Waals surface area (Å²) in [5.74, 6) is -1.30. The summed E-state index contributed by atoms with van der Waals surface area (Å²) in [6.45, 7) is 0. The van der Waals surface area contributed by atoms with E-state index in [2.05, 4.69) is 4.98 Å². The van der Waals surface area contributed by atoms with Gasteiger partial charge in [-0.25, -0.2) is 9.78 Å². The number of benzene rings is 2. The van der Waals surface area contributed by atoms with E-state index in [9.17, 15) is 9.59 Å². The lowest BCUT2D eigenvalue weighted by Gasteiger charge is -2.15. The van der Waals surface area contributed by atoms with E-state index >= 15 is 0 Å². The number of ether oxygens (including phenoxy) is 1. The zero-order valence-electron chi connectivity index (χ0n) is 11.4. The molecule has 110 valence electrons. The van der Waals surface area contributed by atoms with Crippen molar-refractivity contribution in [2.75, 3.05) is 0 Å². The summed E-state index contributed by atoms with van der Waals surface area (Å²) in [4.78, 5) is 28.0. The normalized spacial score (nSPS) is 12.0. The van der Waals surface area contributed by atoms with Crippen molar-refractivity contribution in [1.29, 1.82) is 0 Å². The SMILES string of the molecule is NC(=O)[C@@H](OC(=O)c1ccc2ncsc2c1)c1ccccc1. The molecule has 0 aliphatic rings. The first kappa shape index (κ1) is 14.2. The summed E-state index contributed by atoms with van der Waals surface area (Å²) in [5, 5.41) is 0. The van der Waals surface area contributed by atoms with Gasteiger partial charge in [0, 0.05) is 5.56 Å². The predicted molar refractivity (Wildman–Crippen MR) is 83.4 cm³/mol. The number of carbonyl (C=O) groups is 2. The van der Waals surface area contributed by atoms with Gasteiger partial charge in [-0.2, -0.15) is 0 Å². The largest absolute Gasteiger partial charge is 0.444 e. The number of rotatable bonds is 4. The van der Waals surface area contributed by atoms with Gasteiger partial charge in [0.25, 0.3) is 5.91 Å². The molecule has 0 fully saturated rings. The molecule has 2 aromatic carbocycles. The summed E-state index contributed by atoms with van der Waals surface area (Å²) >= 11 is 1.43. The molecule has 1 aromatic heterocycles. The third-order valence-corrected chi connectivity index (χ3v) is 3.94. The fourth-order valence-corrected chi connectivity index (χ4v) is 2.79. The molecule has 2 N–H and O–H groups in total. The lowest BCUT2D eigenvalue weighted by atomic mass is 10.1. The standard InChI is InChI=1S/C16H12N2O3S/c17-15(19)14(10-4-2-1-3-5-10)21-16(20)11-6-7-12-13(8-11)22-9-18-12/h1-9,14H,(H2,17,19)/t14-/m0/s1. The number of primary amides is 1. The van der Waals surface area contributed by atoms with Gasteiger partial charge in [0.2, 0.25) is 6.10 Å². The van der Waals surface area contributed by atoms with Gasteiger partial charge in [0.1, 0.15) is 0 Å². The average molecular weight is 312 g/mol. The molecule has 22 heavy (non-hydrogen) atoms. The highest BCUT2D eigenvalue weighted by Gasteiger charge is 2.23. The molecule has 0 saturated heterocycles. The molecule has 1 heterocycles. The summed E-state index contributed by atoms with van der Waals surface area (Å²) < 4.78 is 6.16. The van der Waals surface area contributed by atoms with Crippen LogP contribution >= 0.6 is 11.3 Å². The Morgan fingerprint density at radius 3 is 2.64 bits per heavy atom. The molecule has 1 amide bonds. The summed E-state index contributed by atoms with van der Waals surface area (Å²) in [7, 11) is 0. The number of aromatic nitrogens is 1. The molecule has 0 saturated carbocycles. The van der Waals surface area contributed by atoms with Crippen molar-refractivity contribution in [3.63, 3.8) is 0 Å². The van der Waals surface area contributed by atoms with E-state index in [0.717, 1.165) is 10.2 Å². The molecule has 0 aliphatic heterocycles. The summed E-state index contributed by atoms with van der Waals surface area (Å²) in [6.07, 6.45) is -1.11. The number of nitrogens with zero attached hydrogens (tertiary/aromatic N) is 1. The van der Waals surface area contributed by atoms with Gasteiger partial charge in [-0.1, -0.05) is 30.3 Å². The maximum atomic E-state index is 12.3. The minimum Gasteiger partial charge on any atom is -0.444 e. The predicted octanol–water partition coefficient (Wildman–Crippen LogP) is 2.68. The van der Waals surface area contributed by atoms with Crippen molar-refractivity contribution >= 4 is 33.4 Å². The number of amides is 1. The van der Waals surface area contributed by atoms with E-state index in [1.54, 1.807) is 54.0 Å². The number of esters is 1. The maximum absolute atomic E-state index is 12.3. The van der Waals surface area contributed by atoms with Gasteiger partial charge >= 0.3 is 5.97 Å². The minimum atomic E-state index is -1.11. The van der Waals surface area contributed by atoms with Gasteiger partial charge in [0.15, 0.2) is 0 Å². The summed E-state index contributed by atoms with van der Waals surface area (Å²) in [5.41, 5.74) is 8.77. The number of carbonyl (C=O) groups excluding carboxylic acids is 2. The zero-order valence-corrected chi connectivity index (χ0v) is 12.2. The molecule has 0 aliphatic carbocycles. The van der Waals surface area contributed by atoms with Crippen LogP contribution in [0.4, 0.5) is 0 Å². The van der Waals surface area contributed by atoms with Crippen LogP contribution in [0.1, 0.15) is 22.0 Å². The van der Waals surface area contributed by atoms with E-state index in [1.165, 1.54) is 11.3 Å². The van der Waals surface area contributed by atoms with E-state index < -0.39 is 18.0 Å². The first-order chi connectivity index (χ1) is 10.6. The number of hydrogen-bond donors (Lipinski definition) is 1. The highest BCUT2D eigenvalue weighted by Crippen LogP contribution is 2.22. The summed E-state index contributed by atoms with van der Waals surface area (Å²) in [6, 6.07) is 13.7. The van der Waals surface area contributed by atoms with Crippen molar-refractivity contribution < 1.29 is 14.3 Å². The Kier molecular flexibility index (Phi) is 3.84. The smallest absolute Gasteiger partial charge is 0.339 e. The molecule has 3 aromatic rings. The second kappa shape index (κ2) is 5.95. The monoisotopic (exact) mass is 312 g/mol. The second-order valence-corrected chi connectivity index (χ2v) is 5.52. The Balaban J connectivity index is 1.86. The molecular formula is C16H12N2O3S. The topological polar surface area (TPSA) is 82.3 Å². The van der Waals surface area contributed by atoms with Gasteiger partial charge in [-0.15, -0.1) is 11.3 Å². The van der Waals surface area contributed by atoms with Crippen LogP contribution in [0.25, 0.3) is 10.2 Å². The lowest BCUT2D eigenvalue weighted by molar-refractivity contribution is -0.127. The first-order valence-electron chi connectivity index (χ1n) is 6.53. The fraction of sp³-hybridized carbons (Fsp3) is 0.0625. The third-order valence-electron chi connectivity index (χ3n) is 3.15. The molecule has 0 spiro atoms. The van der Waals surface area contributed by atoms with Gasteiger partial charge < -0.3 is 10.5 Å². The van der Waals surface area contributed by atoms with Crippen LogP contribution in [-0.2, 0) is 9.53 Å². The quantitative estimate of drug-likeness (QED) is 0.751. The molecule has 6 heteroatoms. The highest BCUT2D eigenvalue weighted by molar-refractivity contribution is 7.16. The maximum Gasteiger partial charge on any atom is 0.339 e. The third kappa shape index (κ3) is 2.82. The molecular weight excluding hydrogens is 300 g/mol. The number of hydrogen-bond acceptors (Lipinski definition) is 5. The first-order valence-corrected chi connectivity index (χ1v) is 7.41. The average Bonchev–Trinajstić information content (AvgIpc) is 3.00. The van der Waals surface area contributed by atoms with Gasteiger partial charge in [-0.05, 0) is 18.2 Å². The fourth-order valence-electron chi connectivity index (χ4n) is 2.08. The Bertz CT molecular complexity index is 830. The van der Waals surface area contributed by atoms with E-state index in [0.29, 0.717) is 11.1 Å². The van der Waals surface area contributed by atoms with Crippen LogP contribution in [0.15, 0.2) is 54.0 Å². The van der Waals surface area contributed by atoms with Crippen LogP contribution in [0.3, 0.4) is 0 Å².